The first-order valence-electron chi connectivity index (χ1n) is 3.77. The number of carbonyl (C=O) groups is 1. The van der Waals surface area contributed by atoms with Crippen LogP contribution in [-0.2, 0) is 10.7 Å². The standard InChI is InChI=1S/C8H7ClF2O2S/c9-6-2-1-5(14-6)8(10,11)4-3-7(12)13/h1-2H,3-4H2,(H,12,13). The van der Waals surface area contributed by atoms with Gasteiger partial charge in [0.05, 0.1) is 15.6 Å². The Hall–Kier alpha value is -0.680. The minimum absolute atomic E-state index is 0.191. The van der Waals surface area contributed by atoms with E-state index in [9.17, 15) is 13.6 Å². The Morgan fingerprint density at radius 2 is 2.21 bits per heavy atom. The van der Waals surface area contributed by atoms with Gasteiger partial charge >= 0.3 is 5.97 Å². The first kappa shape index (κ1) is 11.4. The zero-order chi connectivity index (χ0) is 10.8. The smallest absolute Gasteiger partial charge is 0.303 e. The summed E-state index contributed by atoms with van der Waals surface area (Å²) >= 11 is 6.27. The molecule has 0 aliphatic carbocycles. The minimum atomic E-state index is -3.10. The molecule has 0 spiro atoms. The molecule has 1 aromatic heterocycles. The van der Waals surface area contributed by atoms with Crippen molar-refractivity contribution in [1.82, 2.24) is 0 Å². The fourth-order valence-electron chi connectivity index (χ4n) is 0.898. The average molecular weight is 241 g/mol. The van der Waals surface area contributed by atoms with Gasteiger partial charge in [-0.15, -0.1) is 11.3 Å². The Morgan fingerprint density at radius 3 is 2.64 bits per heavy atom. The maximum absolute atomic E-state index is 13.2. The van der Waals surface area contributed by atoms with Crippen LogP contribution in [0.1, 0.15) is 17.7 Å². The maximum atomic E-state index is 13.2. The summed E-state index contributed by atoms with van der Waals surface area (Å²) in [5, 5.41) is 8.27. The van der Waals surface area contributed by atoms with Crippen molar-refractivity contribution in [3.63, 3.8) is 0 Å². The van der Waals surface area contributed by atoms with Crippen molar-refractivity contribution in [2.24, 2.45) is 0 Å². The molecule has 0 saturated carbocycles. The van der Waals surface area contributed by atoms with E-state index in [1.165, 1.54) is 12.1 Å². The molecule has 0 aliphatic heterocycles. The van der Waals surface area contributed by atoms with Gasteiger partial charge in [-0.2, -0.15) is 0 Å². The highest BCUT2D eigenvalue weighted by Crippen LogP contribution is 2.38. The Kier molecular flexibility index (Phi) is 3.44. The monoisotopic (exact) mass is 240 g/mol. The molecule has 0 bridgehead atoms. The van der Waals surface area contributed by atoms with Crippen LogP contribution in [-0.4, -0.2) is 11.1 Å². The summed E-state index contributed by atoms with van der Waals surface area (Å²) in [6, 6.07) is 2.59. The number of aliphatic carboxylic acids is 1. The molecular weight excluding hydrogens is 234 g/mol. The second-order valence-corrected chi connectivity index (χ2v) is 4.42. The number of carboxylic acids is 1. The molecule has 0 amide bonds. The molecule has 78 valence electrons. The van der Waals surface area contributed by atoms with Gasteiger partial charge in [0, 0.05) is 6.42 Å². The first-order valence-corrected chi connectivity index (χ1v) is 4.97. The lowest BCUT2D eigenvalue weighted by atomic mass is 10.1. The molecule has 0 fully saturated rings. The van der Waals surface area contributed by atoms with Crippen LogP contribution >= 0.6 is 22.9 Å². The molecule has 0 aromatic carbocycles. The van der Waals surface area contributed by atoms with Gasteiger partial charge in [0.2, 0.25) is 0 Å². The van der Waals surface area contributed by atoms with E-state index in [4.69, 9.17) is 16.7 Å². The molecule has 1 aromatic rings. The lowest BCUT2D eigenvalue weighted by molar-refractivity contribution is -0.139. The highest BCUT2D eigenvalue weighted by Gasteiger charge is 2.33. The van der Waals surface area contributed by atoms with Crippen LogP contribution in [0.25, 0.3) is 0 Å². The fraction of sp³-hybridized carbons (Fsp3) is 0.375. The summed E-state index contributed by atoms with van der Waals surface area (Å²) in [7, 11) is 0. The number of carboxylic acid groups (broad SMARTS) is 1. The SMILES string of the molecule is O=C(O)CCC(F)(F)c1ccc(Cl)s1. The molecule has 0 unspecified atom stereocenters. The lowest BCUT2D eigenvalue weighted by Crippen LogP contribution is -2.13. The molecule has 1 heterocycles. The molecule has 14 heavy (non-hydrogen) atoms. The van der Waals surface area contributed by atoms with E-state index in [1.54, 1.807) is 0 Å². The van der Waals surface area contributed by atoms with Crippen LogP contribution in [0.4, 0.5) is 8.78 Å². The van der Waals surface area contributed by atoms with Crippen molar-refractivity contribution in [3.05, 3.63) is 21.3 Å². The summed E-state index contributed by atoms with van der Waals surface area (Å²) in [5.74, 6) is -4.33. The van der Waals surface area contributed by atoms with Gasteiger partial charge in [-0.1, -0.05) is 11.6 Å². The minimum Gasteiger partial charge on any atom is -0.481 e. The van der Waals surface area contributed by atoms with E-state index < -0.39 is 24.7 Å². The van der Waals surface area contributed by atoms with Crippen molar-refractivity contribution in [1.29, 1.82) is 0 Å². The van der Waals surface area contributed by atoms with Gasteiger partial charge in [-0.25, -0.2) is 8.78 Å². The van der Waals surface area contributed by atoms with Gasteiger partial charge in [0.15, 0.2) is 0 Å². The molecule has 2 nitrogen and oxygen atoms in total. The molecule has 0 atom stereocenters. The molecule has 1 rings (SSSR count). The van der Waals surface area contributed by atoms with Gasteiger partial charge in [0.25, 0.3) is 5.92 Å². The zero-order valence-electron chi connectivity index (χ0n) is 6.97. The Morgan fingerprint density at radius 1 is 1.57 bits per heavy atom. The van der Waals surface area contributed by atoms with Crippen molar-refractivity contribution in [2.75, 3.05) is 0 Å². The van der Waals surface area contributed by atoms with Crippen LogP contribution in [0.2, 0.25) is 4.34 Å². The summed E-state index contributed by atoms with van der Waals surface area (Å²) in [6.07, 6.45) is -1.25. The second kappa shape index (κ2) is 4.23. The van der Waals surface area contributed by atoms with E-state index in [-0.39, 0.29) is 9.21 Å². The van der Waals surface area contributed by atoms with Crippen molar-refractivity contribution >= 4 is 28.9 Å². The summed E-state index contributed by atoms with van der Waals surface area (Å²) in [6.45, 7) is 0. The highest BCUT2D eigenvalue weighted by atomic mass is 35.5. The van der Waals surface area contributed by atoms with E-state index >= 15 is 0 Å². The topological polar surface area (TPSA) is 37.3 Å². The number of halogens is 3. The summed E-state index contributed by atoms with van der Waals surface area (Å²) in [4.78, 5) is 9.94. The quantitative estimate of drug-likeness (QED) is 0.876. The number of thiophene rings is 1. The Labute approximate surface area is 88.1 Å². The fourth-order valence-corrected chi connectivity index (χ4v) is 1.94. The van der Waals surface area contributed by atoms with Gasteiger partial charge in [-0.05, 0) is 12.1 Å². The second-order valence-electron chi connectivity index (χ2n) is 2.70. The third-order valence-electron chi connectivity index (χ3n) is 1.59. The van der Waals surface area contributed by atoms with Crippen LogP contribution < -0.4 is 0 Å². The van der Waals surface area contributed by atoms with E-state index in [0.717, 1.165) is 11.3 Å². The van der Waals surface area contributed by atoms with Crippen LogP contribution in [0.5, 0.6) is 0 Å². The molecule has 0 saturated heterocycles. The van der Waals surface area contributed by atoms with Gasteiger partial charge in [0.1, 0.15) is 0 Å². The molecule has 6 heteroatoms. The van der Waals surface area contributed by atoms with E-state index in [0.29, 0.717) is 0 Å². The van der Waals surface area contributed by atoms with Gasteiger partial charge in [-0.3, -0.25) is 4.79 Å². The third-order valence-corrected chi connectivity index (χ3v) is 2.93. The number of rotatable bonds is 4. The normalized spacial score (nSPS) is 11.6. The predicted molar refractivity (Wildman–Crippen MR) is 50.1 cm³/mol. The molecule has 0 aliphatic rings. The third kappa shape index (κ3) is 2.92. The van der Waals surface area contributed by atoms with Crippen molar-refractivity contribution in [2.45, 2.75) is 18.8 Å². The number of hydrogen-bond acceptors (Lipinski definition) is 2. The van der Waals surface area contributed by atoms with Crippen LogP contribution in [0.3, 0.4) is 0 Å². The number of hydrogen-bond donors (Lipinski definition) is 1. The molecular formula is C8H7ClF2O2S. The summed E-state index contributed by atoms with van der Waals surface area (Å²) in [5.41, 5.74) is 0. The van der Waals surface area contributed by atoms with Crippen LogP contribution in [0.15, 0.2) is 12.1 Å². The highest BCUT2D eigenvalue weighted by molar-refractivity contribution is 7.16. The van der Waals surface area contributed by atoms with E-state index in [2.05, 4.69) is 0 Å². The Bertz CT molecular complexity index is 338. The molecule has 1 N–H and O–H groups in total. The molecule has 0 radical (unpaired) electrons. The van der Waals surface area contributed by atoms with Crippen molar-refractivity contribution < 1.29 is 18.7 Å². The maximum Gasteiger partial charge on any atom is 0.303 e. The number of alkyl halides is 2. The zero-order valence-corrected chi connectivity index (χ0v) is 8.54. The van der Waals surface area contributed by atoms with E-state index in [1.807, 2.05) is 0 Å². The average Bonchev–Trinajstić information content (AvgIpc) is 2.49. The van der Waals surface area contributed by atoms with Crippen LogP contribution in [0, 0.1) is 0 Å². The predicted octanol–water partition coefficient (Wildman–Crippen LogP) is 3.36. The van der Waals surface area contributed by atoms with Gasteiger partial charge < -0.3 is 5.11 Å². The van der Waals surface area contributed by atoms with Crippen molar-refractivity contribution in [3.8, 4) is 0 Å². The first-order chi connectivity index (χ1) is 6.42. The Balaban J connectivity index is 2.69. The lowest BCUT2D eigenvalue weighted by Gasteiger charge is -2.12. The largest absolute Gasteiger partial charge is 0.481 e. The summed E-state index contributed by atoms with van der Waals surface area (Å²) < 4.78 is 26.7.